The highest BCUT2D eigenvalue weighted by molar-refractivity contribution is 6.27. The van der Waals surface area contributed by atoms with Crippen LogP contribution >= 0.6 is 0 Å². The highest BCUT2D eigenvalue weighted by Crippen LogP contribution is 2.11. The van der Waals surface area contributed by atoms with E-state index in [0.29, 0.717) is 6.21 Å². The standard InChI is InChI=1S/C16H20N2O8.C14H17N3O8.C13H14N2O8/c1-9(2)24-14(20)12(6-5-11(19)7-17-4)18-15(21)23-8-13-10(3)25-16(22)26-13;1-3-22-12(19)10(5-4-9(18)6-16-15)17-13(20)23-7-11-8(2)24-14(21)25-11;1-7-10(23-13(20)22-7)6-21-12(19)15-9(11(17)18)4-3-8(16)5-14-2/h7,9,12H,4-6,8H2,1-3H3;6,10H,3-5,7H2,1-2H3,(H,17,20);5,9H,2-4,6H2,1H3,(H-,15,17,18,19)/p+2/t12-;10-;9-/m000/s1. The lowest BCUT2D eigenvalue weighted by Gasteiger charge is -2.18. The van der Waals surface area contributed by atoms with E-state index in [1.807, 2.05) is 0 Å². The Hall–Kier alpha value is -9.46. The zero-order chi connectivity index (χ0) is 55.9. The van der Waals surface area contributed by atoms with Gasteiger partial charge in [0.1, 0.15) is 18.1 Å². The van der Waals surface area contributed by atoms with Gasteiger partial charge in [-0.15, -0.1) is 9.34 Å². The maximum atomic E-state index is 12.1. The number of esters is 2. The molecule has 0 unspecified atom stereocenters. The lowest BCUT2D eigenvalue weighted by atomic mass is 10.1. The fourth-order valence-electron chi connectivity index (χ4n) is 5.10. The highest BCUT2D eigenvalue weighted by atomic mass is 16.6. The van der Waals surface area contributed by atoms with Gasteiger partial charge in [-0.25, -0.2) is 43.2 Å². The lowest BCUT2D eigenvalue weighted by molar-refractivity contribution is -0.150. The number of carbonyl (C=O) groups is 9. The molecule has 0 aliphatic carbocycles. The number of carboxylic acids is 1. The van der Waals surface area contributed by atoms with Crippen molar-refractivity contribution >= 4 is 85.6 Å². The molecule has 31 heteroatoms. The second-order valence-corrected chi connectivity index (χ2v) is 14.6. The Bertz CT molecular complexity index is 2770. The van der Waals surface area contributed by atoms with Gasteiger partial charge in [0.25, 0.3) is 13.4 Å². The van der Waals surface area contributed by atoms with Crippen LogP contribution in [0.25, 0.3) is 5.53 Å². The van der Waals surface area contributed by atoms with Crippen LogP contribution in [0.5, 0.6) is 0 Å². The molecule has 3 atom stereocenters. The number of ether oxygens (including phenoxy) is 5. The maximum Gasteiger partial charge on any atom is 0.519 e. The molecule has 3 amide bonds. The molecule has 0 bridgehead atoms. The van der Waals surface area contributed by atoms with Gasteiger partial charge in [0, 0.05) is 19.3 Å². The summed E-state index contributed by atoms with van der Waals surface area (Å²) in [5, 5.41) is 15.7. The molecular formula is C43H53N7O24+2. The van der Waals surface area contributed by atoms with Crippen LogP contribution in [0.15, 0.2) is 40.9 Å². The van der Waals surface area contributed by atoms with E-state index in [9.17, 15) is 57.5 Å². The van der Waals surface area contributed by atoms with Gasteiger partial charge in [-0.3, -0.25) is 14.4 Å². The Morgan fingerprint density at radius 2 is 0.905 bits per heavy atom. The minimum Gasteiger partial charge on any atom is -0.480 e. The lowest BCUT2D eigenvalue weighted by Crippen LogP contribution is -2.43. The number of nitrogens with one attached hydrogen (secondary N) is 3. The zero-order valence-electron chi connectivity index (χ0n) is 40.7. The number of nitrogens with zero attached hydrogens (tertiary/aromatic N) is 4. The van der Waals surface area contributed by atoms with Crippen LogP contribution in [0, 0.1) is 20.8 Å². The summed E-state index contributed by atoms with van der Waals surface area (Å²) in [5.74, 6) is -6.29. The Kier molecular flexibility index (Phi) is 28.1. The third kappa shape index (κ3) is 25.4. The number of alkyl carbamates (subject to hydrolysis) is 3. The van der Waals surface area contributed by atoms with Gasteiger partial charge < -0.3 is 76.8 Å². The van der Waals surface area contributed by atoms with Crippen molar-refractivity contribution in [2.75, 3.05) is 6.61 Å². The van der Waals surface area contributed by atoms with Crippen LogP contribution in [0.2, 0.25) is 0 Å². The summed E-state index contributed by atoms with van der Waals surface area (Å²) in [7, 11) is 0. The molecule has 0 radical (unpaired) electrons. The van der Waals surface area contributed by atoms with Crippen LogP contribution in [-0.2, 0) is 72.3 Å². The first kappa shape index (κ1) is 62.6. The third-order valence-corrected chi connectivity index (χ3v) is 8.60. The second-order valence-electron chi connectivity index (χ2n) is 14.6. The van der Waals surface area contributed by atoms with Crippen molar-refractivity contribution in [3.63, 3.8) is 0 Å². The molecule has 402 valence electrons. The first-order chi connectivity index (χ1) is 34.9. The fourth-order valence-corrected chi connectivity index (χ4v) is 5.10. The Morgan fingerprint density at radius 3 is 1.20 bits per heavy atom. The first-order valence-electron chi connectivity index (χ1n) is 21.4. The summed E-state index contributed by atoms with van der Waals surface area (Å²) in [6, 6.07) is -3.55. The molecule has 0 aliphatic heterocycles. The summed E-state index contributed by atoms with van der Waals surface area (Å²) in [6.07, 6.45) is -1.29. The molecule has 0 saturated heterocycles. The maximum absolute atomic E-state index is 12.1. The number of carboxylic acid groups (broad SMARTS) is 1. The van der Waals surface area contributed by atoms with Crippen molar-refractivity contribution in [2.24, 2.45) is 0 Å². The number of Topliss-reactive ketones (excluding diaryl/α,β-unsaturated/α-hetero) is 3. The SMILES string of the molecule is C=[N+]=CC(=O)CC[C@H](NC(=O)OCc1oc(=O)oc1C)C(=O)O.C=[N+]=CC(=O)CC[C@H](NC(=O)OCc1oc(=O)oc1C)C(=O)OC(C)C.CCOC(=O)[C@H](CCC(=O)C=[N+]=[N-])NC(=O)OCc1oc(=O)oc1C. The molecule has 0 saturated carbocycles. The topological polar surface area (TPSA) is 451 Å². The largest absolute Gasteiger partial charge is 0.519 e. The van der Waals surface area contributed by atoms with Gasteiger partial charge in [-0.05, 0) is 60.8 Å². The van der Waals surface area contributed by atoms with Crippen molar-refractivity contribution in [3.05, 3.63) is 71.9 Å². The van der Waals surface area contributed by atoms with Gasteiger partial charge in [0.2, 0.25) is 17.3 Å². The van der Waals surface area contributed by atoms with Gasteiger partial charge in [-0.2, -0.15) is 4.79 Å². The zero-order valence-corrected chi connectivity index (χ0v) is 40.7. The Morgan fingerprint density at radius 1 is 0.568 bits per heavy atom. The van der Waals surface area contributed by atoms with Crippen molar-refractivity contribution in [1.82, 2.24) is 25.3 Å². The van der Waals surface area contributed by atoms with E-state index < -0.39 is 96.1 Å². The molecule has 3 aromatic heterocycles. The van der Waals surface area contributed by atoms with E-state index in [1.54, 1.807) is 20.8 Å². The molecule has 0 aromatic carbocycles. The normalized spacial score (nSPS) is 11.2. The minimum absolute atomic E-state index is 0.00860. The predicted molar refractivity (Wildman–Crippen MR) is 246 cm³/mol. The van der Waals surface area contributed by atoms with Crippen LogP contribution in [0.1, 0.15) is 93.9 Å². The number of aliphatic carboxylic acids is 1. The van der Waals surface area contributed by atoms with Crippen molar-refractivity contribution in [3.8, 4) is 0 Å². The molecule has 0 spiro atoms. The summed E-state index contributed by atoms with van der Waals surface area (Å²) >= 11 is 0. The number of carbonyl (C=O) groups excluding carboxylic acids is 8. The number of ketones is 3. The van der Waals surface area contributed by atoms with E-state index >= 15 is 0 Å². The number of hydrogen-bond donors (Lipinski definition) is 4. The molecule has 4 N–H and O–H groups in total. The first-order valence-corrected chi connectivity index (χ1v) is 21.4. The van der Waals surface area contributed by atoms with Gasteiger partial charge >= 0.3 is 72.3 Å². The van der Waals surface area contributed by atoms with Crippen LogP contribution in [0.3, 0.4) is 0 Å². The highest BCUT2D eigenvalue weighted by Gasteiger charge is 2.27. The molecule has 74 heavy (non-hydrogen) atoms. The molecule has 0 fully saturated rings. The third-order valence-electron chi connectivity index (χ3n) is 8.60. The molecule has 31 nitrogen and oxygen atoms in total. The van der Waals surface area contributed by atoms with Gasteiger partial charge in [0.05, 0.1) is 12.7 Å². The summed E-state index contributed by atoms with van der Waals surface area (Å²) < 4.78 is 58.7. The molecule has 0 aliphatic rings. The average Bonchev–Trinajstić information content (AvgIpc) is 3.96. The van der Waals surface area contributed by atoms with Crippen LogP contribution in [0.4, 0.5) is 14.4 Å². The minimum atomic E-state index is -1.33. The number of rotatable bonds is 26. The summed E-state index contributed by atoms with van der Waals surface area (Å²) in [6.45, 7) is 14.5. The van der Waals surface area contributed by atoms with Crippen LogP contribution in [-0.4, -0.2) is 126 Å². The van der Waals surface area contributed by atoms with Gasteiger partial charge in [0.15, 0.2) is 54.4 Å². The van der Waals surface area contributed by atoms with E-state index in [1.165, 1.54) is 20.8 Å². The monoisotopic (exact) mass is 1050 g/mol. The molecule has 3 rings (SSSR count). The average molecular weight is 1050 g/mol. The van der Waals surface area contributed by atoms with Crippen molar-refractivity contribution in [2.45, 2.75) is 124 Å². The number of aryl methyl sites for hydroxylation is 3. The van der Waals surface area contributed by atoms with E-state index in [-0.39, 0.29) is 98.7 Å². The van der Waals surface area contributed by atoms with Crippen LogP contribution < -0.4 is 42.8 Å². The number of amides is 3. The fraction of sp³-hybridized carbons (Fsp3) is 0.465. The Labute approximate surface area is 416 Å². The van der Waals surface area contributed by atoms with E-state index in [0.717, 1.165) is 12.4 Å². The molecule has 3 heterocycles. The smallest absolute Gasteiger partial charge is 0.480 e. The summed E-state index contributed by atoms with van der Waals surface area (Å²) in [5.41, 5.74) is 8.27. The molecular weight excluding hydrogens is 998 g/mol. The Balaban J connectivity index is 0.000000556. The summed E-state index contributed by atoms with van der Waals surface area (Å²) in [4.78, 5) is 139. The van der Waals surface area contributed by atoms with Crippen molar-refractivity contribution in [1.29, 1.82) is 0 Å². The number of hydrogen-bond acceptors (Lipinski definition) is 23. The predicted octanol–water partition coefficient (Wildman–Crippen LogP) is 0.0331. The second kappa shape index (κ2) is 33.2. The quantitative estimate of drug-likeness (QED) is 0.0271. The van der Waals surface area contributed by atoms with E-state index in [2.05, 4.69) is 65.6 Å². The molecule has 3 aromatic rings. The van der Waals surface area contributed by atoms with Gasteiger partial charge in [-0.1, -0.05) is 0 Å². The van der Waals surface area contributed by atoms with E-state index in [4.69, 9.17) is 38.7 Å². The van der Waals surface area contributed by atoms with Crippen molar-refractivity contribution < 1.29 is 103 Å².